The summed E-state index contributed by atoms with van der Waals surface area (Å²) in [5.74, 6) is 0. The second-order valence-electron chi connectivity index (χ2n) is 7.32. The van der Waals surface area contributed by atoms with Crippen LogP contribution in [0.3, 0.4) is 0 Å². The van der Waals surface area contributed by atoms with E-state index in [-0.39, 0.29) is 5.41 Å². The van der Waals surface area contributed by atoms with Crippen LogP contribution in [0.25, 0.3) is 5.57 Å². The first-order valence-electron chi connectivity index (χ1n) is 9.35. The number of benzene rings is 3. The van der Waals surface area contributed by atoms with Gasteiger partial charge in [0.2, 0.25) is 0 Å². The van der Waals surface area contributed by atoms with Crippen molar-refractivity contribution in [2.24, 2.45) is 0 Å². The van der Waals surface area contributed by atoms with Crippen LogP contribution >= 0.6 is 0 Å². The van der Waals surface area contributed by atoms with E-state index in [1.54, 1.807) is 0 Å². The van der Waals surface area contributed by atoms with Crippen LogP contribution in [0.15, 0.2) is 104 Å². The Kier molecular flexibility index (Phi) is 4.20. The highest BCUT2D eigenvalue weighted by Gasteiger charge is 2.47. The van der Waals surface area contributed by atoms with Gasteiger partial charge in [-0.2, -0.15) is 0 Å². The lowest BCUT2D eigenvalue weighted by molar-refractivity contribution is 0.768. The quantitative estimate of drug-likeness (QED) is 0.489. The molecule has 0 amide bonds. The molecule has 0 saturated heterocycles. The summed E-state index contributed by atoms with van der Waals surface area (Å²) in [4.78, 5) is 0. The van der Waals surface area contributed by atoms with Crippen LogP contribution in [-0.2, 0) is 5.41 Å². The van der Waals surface area contributed by atoms with Gasteiger partial charge in [0.25, 0.3) is 0 Å². The molecule has 3 aromatic carbocycles. The van der Waals surface area contributed by atoms with Gasteiger partial charge in [0, 0.05) is 0 Å². The molecule has 0 heteroatoms. The number of rotatable bonds is 3. The third-order valence-electron chi connectivity index (χ3n) is 5.64. The molecular weight excluding hydrogens is 324 g/mol. The molecule has 0 atom stereocenters. The molecule has 1 aliphatic rings. The van der Waals surface area contributed by atoms with Crippen molar-refractivity contribution in [3.63, 3.8) is 0 Å². The van der Waals surface area contributed by atoms with E-state index in [1.807, 2.05) is 6.08 Å². The highest BCUT2D eigenvalue weighted by molar-refractivity contribution is 5.93. The van der Waals surface area contributed by atoms with Crippen LogP contribution < -0.4 is 0 Å². The largest absolute Gasteiger partial charge is 0.0991 e. The molecule has 27 heavy (non-hydrogen) atoms. The van der Waals surface area contributed by atoms with Gasteiger partial charge in [-0.05, 0) is 47.2 Å². The Hall–Kier alpha value is -3.12. The van der Waals surface area contributed by atoms with Gasteiger partial charge in [0.15, 0.2) is 0 Å². The minimum atomic E-state index is -0.372. The zero-order valence-corrected chi connectivity index (χ0v) is 16.0. The average Bonchev–Trinajstić information content (AvgIpc) is 2.93. The van der Waals surface area contributed by atoms with E-state index in [9.17, 15) is 0 Å². The third-order valence-corrected chi connectivity index (χ3v) is 5.64. The molecule has 4 rings (SSSR count). The summed E-state index contributed by atoms with van der Waals surface area (Å²) in [7, 11) is 0. The summed E-state index contributed by atoms with van der Waals surface area (Å²) in [6.45, 7) is 12.7. The molecule has 0 nitrogen and oxygen atoms in total. The van der Waals surface area contributed by atoms with Crippen LogP contribution in [0.1, 0.15) is 33.4 Å². The highest BCUT2D eigenvalue weighted by atomic mass is 14.5. The molecular formula is C27H24. The molecule has 3 aromatic rings. The Morgan fingerprint density at radius 1 is 0.741 bits per heavy atom. The molecule has 0 unspecified atom stereocenters. The fraction of sp³-hybridized carbons (Fsp3) is 0.111. The van der Waals surface area contributed by atoms with E-state index in [0.717, 1.165) is 5.57 Å². The fourth-order valence-corrected chi connectivity index (χ4v) is 4.33. The van der Waals surface area contributed by atoms with E-state index >= 15 is 0 Å². The van der Waals surface area contributed by atoms with Crippen molar-refractivity contribution in [2.75, 3.05) is 0 Å². The van der Waals surface area contributed by atoms with E-state index in [1.165, 1.54) is 39.0 Å². The minimum absolute atomic E-state index is 0.372. The summed E-state index contributed by atoms with van der Waals surface area (Å²) in [5.41, 5.74) is 9.45. The maximum Gasteiger partial charge on any atom is 0.0713 e. The lowest BCUT2D eigenvalue weighted by atomic mass is 9.67. The lowest BCUT2D eigenvalue weighted by Crippen LogP contribution is -2.28. The van der Waals surface area contributed by atoms with Crippen LogP contribution in [-0.4, -0.2) is 0 Å². The van der Waals surface area contributed by atoms with Crippen molar-refractivity contribution in [2.45, 2.75) is 19.3 Å². The van der Waals surface area contributed by atoms with Crippen LogP contribution in [0.4, 0.5) is 0 Å². The van der Waals surface area contributed by atoms with Gasteiger partial charge < -0.3 is 0 Å². The second kappa shape index (κ2) is 6.55. The smallest absolute Gasteiger partial charge is 0.0713 e. The Morgan fingerprint density at radius 2 is 1.26 bits per heavy atom. The van der Waals surface area contributed by atoms with Crippen LogP contribution in [0, 0.1) is 13.8 Å². The molecule has 0 aliphatic heterocycles. The van der Waals surface area contributed by atoms with E-state index < -0.39 is 0 Å². The van der Waals surface area contributed by atoms with E-state index in [4.69, 9.17) is 0 Å². The summed E-state index contributed by atoms with van der Waals surface area (Å²) in [6.07, 6.45) is 4.01. The topological polar surface area (TPSA) is 0 Å². The van der Waals surface area contributed by atoms with Crippen molar-refractivity contribution in [1.82, 2.24) is 0 Å². The standard InChI is InChI=1S/C27H24/c1-5-8-25-21(4)24-9-6-7-10-26(24)27(25,22-15-11-19(2)12-16-22)23-17-13-20(3)14-18-23/h5-18H,1,4H2,2-3H3/b25-8+. The molecule has 0 spiro atoms. The van der Waals surface area contributed by atoms with Crippen molar-refractivity contribution in [3.05, 3.63) is 137 Å². The Labute approximate surface area is 162 Å². The molecule has 0 N–H and O–H groups in total. The summed E-state index contributed by atoms with van der Waals surface area (Å²) < 4.78 is 0. The normalized spacial score (nSPS) is 16.4. The predicted molar refractivity (Wildman–Crippen MR) is 116 cm³/mol. The van der Waals surface area contributed by atoms with E-state index in [2.05, 4.69) is 106 Å². The first-order valence-corrected chi connectivity index (χ1v) is 9.35. The molecule has 0 bridgehead atoms. The van der Waals surface area contributed by atoms with Gasteiger partial charge in [0.1, 0.15) is 0 Å². The maximum atomic E-state index is 4.46. The summed E-state index contributed by atoms with van der Waals surface area (Å²) in [5, 5.41) is 0. The van der Waals surface area contributed by atoms with Gasteiger partial charge in [-0.25, -0.2) is 0 Å². The maximum absolute atomic E-state index is 4.46. The zero-order valence-electron chi connectivity index (χ0n) is 16.0. The molecule has 0 heterocycles. The van der Waals surface area contributed by atoms with Crippen molar-refractivity contribution in [3.8, 4) is 0 Å². The summed E-state index contributed by atoms with van der Waals surface area (Å²) in [6, 6.07) is 26.4. The monoisotopic (exact) mass is 348 g/mol. The molecule has 1 aliphatic carbocycles. The third kappa shape index (κ3) is 2.52. The minimum Gasteiger partial charge on any atom is -0.0991 e. The summed E-state index contributed by atoms with van der Waals surface area (Å²) >= 11 is 0. The number of hydrogen-bond acceptors (Lipinski definition) is 0. The Bertz CT molecular complexity index is 998. The fourth-order valence-electron chi connectivity index (χ4n) is 4.33. The number of aryl methyl sites for hydroxylation is 2. The van der Waals surface area contributed by atoms with Gasteiger partial charge in [-0.1, -0.05) is 109 Å². The molecule has 0 fully saturated rings. The van der Waals surface area contributed by atoms with Gasteiger partial charge in [-0.15, -0.1) is 0 Å². The predicted octanol–water partition coefficient (Wildman–Crippen LogP) is 6.78. The SMILES string of the molecule is C=C/C=C1\C(=C)c2ccccc2C1(c1ccc(C)cc1)c1ccc(C)cc1. The molecule has 132 valence electrons. The average molecular weight is 348 g/mol. The van der Waals surface area contributed by atoms with E-state index in [0.29, 0.717) is 0 Å². The second-order valence-corrected chi connectivity index (χ2v) is 7.32. The van der Waals surface area contributed by atoms with Crippen molar-refractivity contribution >= 4 is 5.57 Å². The van der Waals surface area contributed by atoms with Crippen LogP contribution in [0.5, 0.6) is 0 Å². The Morgan fingerprint density at radius 3 is 1.78 bits per heavy atom. The first-order chi connectivity index (χ1) is 13.1. The molecule has 0 saturated carbocycles. The van der Waals surface area contributed by atoms with Crippen molar-refractivity contribution < 1.29 is 0 Å². The molecule has 0 aromatic heterocycles. The zero-order chi connectivity index (χ0) is 19.0. The van der Waals surface area contributed by atoms with Crippen molar-refractivity contribution in [1.29, 1.82) is 0 Å². The highest BCUT2D eigenvalue weighted by Crippen LogP contribution is 2.56. The number of allylic oxidation sites excluding steroid dienone is 4. The van der Waals surface area contributed by atoms with Gasteiger partial charge in [-0.3, -0.25) is 0 Å². The number of fused-ring (bicyclic) bond motifs is 1. The van der Waals surface area contributed by atoms with Gasteiger partial charge in [0.05, 0.1) is 5.41 Å². The van der Waals surface area contributed by atoms with Crippen LogP contribution in [0.2, 0.25) is 0 Å². The lowest BCUT2D eigenvalue weighted by Gasteiger charge is -2.34. The van der Waals surface area contributed by atoms with Gasteiger partial charge >= 0.3 is 0 Å². The Balaban J connectivity index is 2.16. The number of hydrogen-bond donors (Lipinski definition) is 0. The molecule has 0 radical (unpaired) electrons. The first kappa shape index (κ1) is 17.3.